The lowest BCUT2D eigenvalue weighted by Crippen LogP contribution is -2.67. The summed E-state index contributed by atoms with van der Waals surface area (Å²) in [6, 6.07) is 0. The zero-order valence-corrected chi connectivity index (χ0v) is 18.6. The Morgan fingerprint density at radius 1 is 0.615 bits per heavy atom. The maximum Gasteiger partial charge on any atom is 0.332 e. The predicted octanol–water partition coefficient (Wildman–Crippen LogP) is 3.19. The van der Waals surface area contributed by atoms with Crippen molar-refractivity contribution in [2.24, 2.45) is 10.8 Å². The number of carbonyl (C=O) groups is 3. The van der Waals surface area contributed by atoms with Crippen LogP contribution in [0, 0.1) is 10.8 Å². The molecule has 26 heavy (non-hydrogen) atoms. The van der Waals surface area contributed by atoms with Crippen LogP contribution >= 0.6 is 0 Å². The molecule has 152 valence electrons. The normalized spacial score (nSPS) is 13.8. The van der Waals surface area contributed by atoms with Gasteiger partial charge in [0, 0.05) is 11.1 Å². The van der Waals surface area contributed by atoms with Crippen LogP contribution < -0.4 is 10.6 Å². The van der Waals surface area contributed by atoms with Crippen molar-refractivity contribution in [1.29, 1.82) is 0 Å². The van der Waals surface area contributed by atoms with Gasteiger partial charge in [-0.05, 0) is 67.7 Å². The molecule has 0 aromatic carbocycles. The Morgan fingerprint density at radius 2 is 0.923 bits per heavy atom. The van der Waals surface area contributed by atoms with Crippen LogP contribution in [-0.4, -0.2) is 34.5 Å². The van der Waals surface area contributed by atoms with Crippen LogP contribution in [0.2, 0.25) is 0 Å². The summed E-state index contributed by atoms with van der Waals surface area (Å²) in [5, 5.41) is 5.60. The molecule has 0 aromatic heterocycles. The lowest BCUT2D eigenvalue weighted by molar-refractivity contribution is -0.182. The smallest absolute Gasteiger partial charge is 0.332 e. The Labute approximate surface area is 158 Å². The van der Waals surface area contributed by atoms with Crippen LogP contribution in [0.1, 0.15) is 83.1 Å². The number of hydrogen-bond donors (Lipinski definition) is 2. The van der Waals surface area contributed by atoms with E-state index in [4.69, 9.17) is 4.74 Å². The third-order valence-corrected chi connectivity index (χ3v) is 3.49. The molecule has 2 N–H and O–H groups in total. The molecule has 0 saturated heterocycles. The summed E-state index contributed by atoms with van der Waals surface area (Å²) in [4.78, 5) is 39.9. The van der Waals surface area contributed by atoms with Gasteiger partial charge in [-0.2, -0.15) is 0 Å². The fourth-order valence-electron chi connectivity index (χ4n) is 2.50. The van der Waals surface area contributed by atoms with Crippen LogP contribution in [0.3, 0.4) is 0 Å². The van der Waals surface area contributed by atoms with Crippen molar-refractivity contribution in [2.75, 3.05) is 0 Å². The molecule has 0 unspecified atom stereocenters. The van der Waals surface area contributed by atoms with E-state index in [0.717, 1.165) is 0 Å². The van der Waals surface area contributed by atoms with Crippen molar-refractivity contribution in [1.82, 2.24) is 10.6 Å². The van der Waals surface area contributed by atoms with E-state index >= 15 is 0 Å². The zero-order valence-electron chi connectivity index (χ0n) is 18.6. The van der Waals surface area contributed by atoms with Crippen molar-refractivity contribution in [3.05, 3.63) is 0 Å². The molecule has 0 aromatic rings. The Kier molecular flexibility index (Phi) is 6.76. The molecule has 0 aliphatic rings. The van der Waals surface area contributed by atoms with Crippen LogP contribution in [-0.2, 0) is 19.1 Å². The minimum Gasteiger partial charge on any atom is -0.459 e. The van der Waals surface area contributed by atoms with Gasteiger partial charge in [0.1, 0.15) is 5.60 Å². The monoisotopic (exact) mass is 370 g/mol. The summed E-state index contributed by atoms with van der Waals surface area (Å²) in [6.07, 6.45) is 0. The maximum absolute atomic E-state index is 13.3. The van der Waals surface area contributed by atoms with Gasteiger partial charge in [-0.1, -0.05) is 20.8 Å². The Bertz CT molecular complexity index is 483. The highest BCUT2D eigenvalue weighted by atomic mass is 16.6. The van der Waals surface area contributed by atoms with Gasteiger partial charge in [0.15, 0.2) is 0 Å². The van der Waals surface area contributed by atoms with E-state index in [-0.39, 0.29) is 0 Å². The molecular formula is C20H38N2O4. The number of amides is 2. The maximum atomic E-state index is 13.3. The Hall–Kier alpha value is -1.59. The average Bonchev–Trinajstić information content (AvgIpc) is 2.17. The van der Waals surface area contributed by atoms with Crippen molar-refractivity contribution in [3.63, 3.8) is 0 Å². The van der Waals surface area contributed by atoms with E-state index in [0.29, 0.717) is 0 Å². The second-order valence-electron chi connectivity index (χ2n) is 10.9. The van der Waals surface area contributed by atoms with Gasteiger partial charge < -0.3 is 15.4 Å². The van der Waals surface area contributed by atoms with Crippen molar-refractivity contribution in [3.8, 4) is 0 Å². The minimum atomic E-state index is -2.03. The number of hydrogen-bond acceptors (Lipinski definition) is 4. The predicted molar refractivity (Wildman–Crippen MR) is 104 cm³/mol. The molecular weight excluding hydrogens is 332 g/mol. The molecule has 0 heterocycles. The zero-order chi connectivity index (χ0) is 21.4. The third kappa shape index (κ3) is 6.29. The molecule has 0 saturated carbocycles. The highest BCUT2D eigenvalue weighted by Crippen LogP contribution is 2.42. The molecule has 6 nitrogen and oxygen atoms in total. The van der Waals surface area contributed by atoms with Crippen LogP contribution in [0.25, 0.3) is 0 Å². The lowest BCUT2D eigenvalue weighted by Gasteiger charge is -2.43. The van der Waals surface area contributed by atoms with Gasteiger partial charge >= 0.3 is 5.97 Å². The molecule has 0 aliphatic carbocycles. The standard InChI is InChI=1S/C20H38N2O4/c1-16(2,3)20(13(23)21-17(4,5)6,14(24)22-18(7,8)9)15(25)26-19(10,11)12/h1-12H3,(H,21,23)(H,22,24). The number of nitrogens with one attached hydrogen (secondary N) is 2. The summed E-state index contributed by atoms with van der Waals surface area (Å²) in [7, 11) is 0. The first kappa shape index (κ1) is 24.4. The summed E-state index contributed by atoms with van der Waals surface area (Å²) in [5.74, 6) is -2.16. The molecule has 0 rings (SSSR count). The van der Waals surface area contributed by atoms with Gasteiger partial charge in [0.25, 0.3) is 0 Å². The van der Waals surface area contributed by atoms with Crippen LogP contribution in [0.5, 0.6) is 0 Å². The van der Waals surface area contributed by atoms with Gasteiger partial charge in [-0.3, -0.25) is 14.4 Å². The Balaban J connectivity index is 6.53. The number of ether oxygens (including phenoxy) is 1. The molecule has 0 radical (unpaired) electrons. The quantitative estimate of drug-likeness (QED) is 0.590. The second-order valence-corrected chi connectivity index (χ2v) is 10.9. The van der Waals surface area contributed by atoms with E-state index in [2.05, 4.69) is 10.6 Å². The minimum absolute atomic E-state index is 0.613. The van der Waals surface area contributed by atoms with Crippen molar-refractivity contribution in [2.45, 2.75) is 99.8 Å². The van der Waals surface area contributed by atoms with Crippen LogP contribution in [0.15, 0.2) is 0 Å². The number of esters is 1. The van der Waals surface area contributed by atoms with E-state index in [1.807, 2.05) is 0 Å². The number of carbonyl (C=O) groups excluding carboxylic acids is 3. The highest BCUT2D eigenvalue weighted by Gasteiger charge is 2.63. The summed E-state index contributed by atoms with van der Waals surface area (Å²) < 4.78 is 5.54. The first-order valence-electron chi connectivity index (χ1n) is 9.02. The largest absolute Gasteiger partial charge is 0.459 e. The third-order valence-electron chi connectivity index (χ3n) is 3.49. The molecule has 2 amide bonds. The van der Waals surface area contributed by atoms with Crippen molar-refractivity contribution >= 4 is 17.8 Å². The molecule has 0 fully saturated rings. The average molecular weight is 371 g/mol. The van der Waals surface area contributed by atoms with Gasteiger partial charge in [0.05, 0.1) is 0 Å². The summed E-state index contributed by atoms with van der Waals surface area (Å²) >= 11 is 0. The Morgan fingerprint density at radius 3 is 1.12 bits per heavy atom. The fourth-order valence-corrected chi connectivity index (χ4v) is 2.50. The van der Waals surface area contributed by atoms with Gasteiger partial charge in [0.2, 0.25) is 17.2 Å². The topological polar surface area (TPSA) is 84.5 Å². The molecule has 0 spiro atoms. The first-order chi connectivity index (χ1) is 11.1. The van der Waals surface area contributed by atoms with Crippen molar-refractivity contribution < 1.29 is 19.1 Å². The second kappa shape index (κ2) is 7.20. The van der Waals surface area contributed by atoms with E-state index in [1.54, 1.807) is 83.1 Å². The van der Waals surface area contributed by atoms with E-state index < -0.39 is 45.3 Å². The summed E-state index contributed by atoms with van der Waals surface area (Å²) in [5.41, 5.74) is -5.10. The lowest BCUT2D eigenvalue weighted by atomic mass is 9.64. The SMILES string of the molecule is CC(C)(C)NC(=O)C(C(=O)NC(C)(C)C)(C(=O)OC(C)(C)C)C(C)(C)C. The number of rotatable bonds is 3. The highest BCUT2D eigenvalue weighted by molar-refractivity contribution is 6.22. The molecule has 0 bridgehead atoms. The first-order valence-corrected chi connectivity index (χ1v) is 9.02. The summed E-state index contributed by atoms with van der Waals surface area (Å²) in [6.45, 7) is 21.0. The molecule has 0 aliphatic heterocycles. The molecule has 6 heteroatoms. The fraction of sp³-hybridized carbons (Fsp3) is 0.850. The van der Waals surface area contributed by atoms with Gasteiger partial charge in [-0.25, -0.2) is 0 Å². The molecule has 0 atom stereocenters. The van der Waals surface area contributed by atoms with E-state index in [9.17, 15) is 14.4 Å². The van der Waals surface area contributed by atoms with Gasteiger partial charge in [-0.15, -0.1) is 0 Å². The van der Waals surface area contributed by atoms with Crippen LogP contribution in [0.4, 0.5) is 0 Å². The van der Waals surface area contributed by atoms with E-state index in [1.165, 1.54) is 0 Å².